The van der Waals surface area contributed by atoms with Crippen molar-refractivity contribution in [3.63, 3.8) is 0 Å². The molecule has 0 spiro atoms. The molecular weight excluding hydrogens is 592 g/mol. The van der Waals surface area contributed by atoms with Crippen LogP contribution in [0.5, 0.6) is 0 Å². The van der Waals surface area contributed by atoms with E-state index in [0.717, 1.165) is 29.3 Å². The summed E-state index contributed by atoms with van der Waals surface area (Å²) in [6.45, 7) is 2.85. The molecule has 15 heteroatoms. The molecule has 43 heavy (non-hydrogen) atoms. The number of hydrogen-bond acceptors (Lipinski definition) is 9. The predicted octanol–water partition coefficient (Wildman–Crippen LogP) is 4.41. The van der Waals surface area contributed by atoms with E-state index in [2.05, 4.69) is 15.2 Å². The number of carbonyl (C=O) groups excluding carboxylic acids is 1. The number of halogens is 4. The number of pyridine rings is 1. The Hall–Kier alpha value is -4.68. The van der Waals surface area contributed by atoms with E-state index in [1.807, 2.05) is 6.07 Å². The maximum Gasteiger partial charge on any atom is 0.417 e. The molecule has 3 heterocycles. The van der Waals surface area contributed by atoms with E-state index in [1.165, 1.54) is 19.9 Å². The summed E-state index contributed by atoms with van der Waals surface area (Å²) in [6, 6.07) is 10.9. The standard InChI is InChI=1S/C28H22F4N6O4S/c1-27(2,14-33)26-37-36-24(42-26)18-9-22-23(10-19(18)29)43(40,41)13-20(34)25(39)38(22)12-15-3-5-16(6-4-15)21-8-7-17(11-35-21)28(30,31)32/h3-11,20H,12-13,34H2,1-2H3/t20-/m0/s1. The number of benzene rings is 2. The minimum absolute atomic E-state index is 0.0930. The van der Waals surface area contributed by atoms with Gasteiger partial charge in [-0.25, -0.2) is 12.8 Å². The average Bonchev–Trinajstić information content (AvgIpc) is 3.44. The molecule has 0 saturated carbocycles. The van der Waals surface area contributed by atoms with Crippen molar-refractivity contribution in [3.05, 3.63) is 77.6 Å². The summed E-state index contributed by atoms with van der Waals surface area (Å²) in [5.41, 5.74) is 4.69. The molecule has 0 bridgehead atoms. The molecule has 1 aliphatic heterocycles. The van der Waals surface area contributed by atoms with Crippen molar-refractivity contribution in [2.45, 2.75) is 42.9 Å². The van der Waals surface area contributed by atoms with Gasteiger partial charge in [-0.05, 0) is 43.7 Å². The number of hydrogen-bond donors (Lipinski definition) is 1. The molecule has 0 saturated heterocycles. The van der Waals surface area contributed by atoms with Gasteiger partial charge in [-0.1, -0.05) is 24.3 Å². The van der Waals surface area contributed by atoms with E-state index in [0.29, 0.717) is 11.1 Å². The summed E-state index contributed by atoms with van der Waals surface area (Å²) in [6.07, 6.45) is -3.80. The Balaban J connectivity index is 1.53. The maximum atomic E-state index is 15.3. The lowest BCUT2D eigenvalue weighted by molar-refractivity contribution is -0.137. The number of nitrogens with two attached hydrogens (primary N) is 1. The topological polar surface area (TPSA) is 156 Å². The molecule has 0 radical (unpaired) electrons. The quantitative estimate of drug-likeness (QED) is 0.322. The highest BCUT2D eigenvalue weighted by molar-refractivity contribution is 7.91. The van der Waals surface area contributed by atoms with Crippen molar-refractivity contribution in [1.29, 1.82) is 5.26 Å². The molecular formula is C28H22F4N6O4S. The summed E-state index contributed by atoms with van der Waals surface area (Å²) >= 11 is 0. The first-order valence-corrected chi connectivity index (χ1v) is 14.3. The van der Waals surface area contributed by atoms with Gasteiger partial charge in [0.25, 0.3) is 5.89 Å². The van der Waals surface area contributed by atoms with Gasteiger partial charge in [-0.15, -0.1) is 10.2 Å². The van der Waals surface area contributed by atoms with E-state index in [9.17, 15) is 31.6 Å². The molecule has 4 aromatic rings. The first-order valence-electron chi connectivity index (χ1n) is 12.6. The molecule has 10 nitrogen and oxygen atoms in total. The molecule has 2 aromatic carbocycles. The zero-order chi connectivity index (χ0) is 31.3. The number of anilines is 1. The van der Waals surface area contributed by atoms with Gasteiger partial charge in [0.05, 0.1) is 51.8 Å². The summed E-state index contributed by atoms with van der Waals surface area (Å²) in [4.78, 5) is 17.9. The number of nitrogens with zero attached hydrogens (tertiary/aromatic N) is 5. The van der Waals surface area contributed by atoms with Gasteiger partial charge in [0.15, 0.2) is 9.84 Å². The maximum absolute atomic E-state index is 15.3. The number of aromatic nitrogens is 3. The highest BCUT2D eigenvalue weighted by Gasteiger charge is 2.38. The van der Waals surface area contributed by atoms with Crippen LogP contribution in [0.4, 0.5) is 23.2 Å². The van der Waals surface area contributed by atoms with Crippen molar-refractivity contribution < 1.29 is 35.2 Å². The minimum Gasteiger partial charge on any atom is -0.419 e. The molecule has 0 unspecified atom stereocenters. The molecule has 1 atom stereocenters. The van der Waals surface area contributed by atoms with Crippen molar-refractivity contribution in [3.8, 4) is 28.8 Å². The minimum atomic E-state index is -4.53. The van der Waals surface area contributed by atoms with Crippen molar-refractivity contribution >= 4 is 21.4 Å². The van der Waals surface area contributed by atoms with E-state index in [4.69, 9.17) is 10.2 Å². The number of alkyl halides is 3. The van der Waals surface area contributed by atoms with Crippen LogP contribution in [0.2, 0.25) is 0 Å². The Morgan fingerprint density at radius 2 is 1.81 bits per heavy atom. The lowest BCUT2D eigenvalue weighted by atomic mass is 9.96. The second-order valence-electron chi connectivity index (χ2n) is 10.4. The Labute approximate surface area is 242 Å². The smallest absolute Gasteiger partial charge is 0.417 e. The number of amides is 1. The van der Waals surface area contributed by atoms with Crippen molar-refractivity contribution in [2.75, 3.05) is 10.7 Å². The molecule has 2 N–H and O–H groups in total. The van der Waals surface area contributed by atoms with Gasteiger partial charge in [-0.2, -0.15) is 18.4 Å². The largest absolute Gasteiger partial charge is 0.419 e. The van der Waals surface area contributed by atoms with Crippen LogP contribution in [0.3, 0.4) is 0 Å². The van der Waals surface area contributed by atoms with E-state index < -0.39 is 55.4 Å². The number of sulfone groups is 1. The zero-order valence-electron chi connectivity index (χ0n) is 22.6. The molecule has 1 aliphatic rings. The number of fused-ring (bicyclic) bond motifs is 1. The van der Waals surface area contributed by atoms with Crippen LogP contribution >= 0.6 is 0 Å². The Bertz CT molecular complexity index is 1870. The monoisotopic (exact) mass is 614 g/mol. The Morgan fingerprint density at radius 3 is 2.42 bits per heavy atom. The molecule has 0 aliphatic carbocycles. The summed E-state index contributed by atoms with van der Waals surface area (Å²) in [7, 11) is -4.21. The summed E-state index contributed by atoms with van der Waals surface area (Å²) in [5, 5.41) is 17.0. The van der Waals surface area contributed by atoms with Gasteiger partial charge in [0.1, 0.15) is 11.2 Å². The fourth-order valence-corrected chi connectivity index (χ4v) is 5.94. The second-order valence-corrected chi connectivity index (χ2v) is 12.4. The number of carbonyl (C=O) groups is 1. The highest BCUT2D eigenvalue weighted by atomic mass is 32.2. The van der Waals surface area contributed by atoms with Gasteiger partial charge in [0.2, 0.25) is 11.8 Å². The molecule has 2 aromatic heterocycles. The summed E-state index contributed by atoms with van der Waals surface area (Å²) < 4.78 is 85.7. The van der Waals surface area contributed by atoms with Crippen molar-refractivity contribution in [1.82, 2.24) is 15.2 Å². The SMILES string of the molecule is CC(C)(C#N)c1nnc(-c2cc3c(cc2F)S(=O)(=O)C[C@H](N)C(=O)N3Cc2ccc(-c3ccc(C(F)(F)F)cn3)cc2)o1. The molecule has 0 fully saturated rings. The first-order chi connectivity index (χ1) is 20.1. The van der Waals surface area contributed by atoms with Crippen LogP contribution in [0.15, 0.2) is 64.0 Å². The average molecular weight is 615 g/mol. The molecule has 1 amide bonds. The third-order valence-electron chi connectivity index (χ3n) is 6.81. The predicted molar refractivity (Wildman–Crippen MR) is 144 cm³/mol. The van der Waals surface area contributed by atoms with E-state index >= 15 is 4.39 Å². The van der Waals surface area contributed by atoms with Crippen molar-refractivity contribution in [2.24, 2.45) is 5.73 Å². The normalized spacial score (nSPS) is 16.8. The zero-order valence-corrected chi connectivity index (χ0v) is 23.4. The van der Waals surface area contributed by atoms with Gasteiger partial charge in [-0.3, -0.25) is 9.78 Å². The lowest BCUT2D eigenvalue weighted by Crippen LogP contribution is -2.45. The third-order valence-corrected chi connectivity index (χ3v) is 8.60. The van der Waals surface area contributed by atoms with Crippen LogP contribution in [-0.4, -0.2) is 41.3 Å². The summed E-state index contributed by atoms with van der Waals surface area (Å²) in [5.74, 6) is -2.93. The van der Waals surface area contributed by atoms with E-state index in [-0.39, 0.29) is 35.3 Å². The fourth-order valence-electron chi connectivity index (χ4n) is 4.38. The third kappa shape index (κ3) is 5.71. The van der Waals surface area contributed by atoms with Crippen LogP contribution in [0.25, 0.3) is 22.7 Å². The van der Waals surface area contributed by atoms with E-state index in [1.54, 1.807) is 24.3 Å². The van der Waals surface area contributed by atoms with Gasteiger partial charge in [0, 0.05) is 11.8 Å². The molecule has 5 rings (SSSR count). The van der Waals surface area contributed by atoms with Crippen LogP contribution in [0, 0.1) is 17.1 Å². The lowest BCUT2D eigenvalue weighted by Gasteiger charge is -2.24. The molecule has 222 valence electrons. The van der Waals surface area contributed by atoms with Gasteiger partial charge < -0.3 is 15.1 Å². The van der Waals surface area contributed by atoms with Crippen LogP contribution in [0.1, 0.15) is 30.9 Å². The second kappa shape index (κ2) is 10.5. The number of rotatable bonds is 5. The van der Waals surface area contributed by atoms with Gasteiger partial charge >= 0.3 is 6.18 Å². The van der Waals surface area contributed by atoms with Crippen LogP contribution in [-0.2, 0) is 32.8 Å². The van der Waals surface area contributed by atoms with Crippen LogP contribution < -0.4 is 10.6 Å². The number of nitriles is 1. The fraction of sp³-hybridized carbons (Fsp3) is 0.250. The Morgan fingerprint density at radius 1 is 1.12 bits per heavy atom. The first kappa shape index (κ1) is 29.8. The Kier molecular flexibility index (Phi) is 7.31. The highest BCUT2D eigenvalue weighted by Crippen LogP contribution is 2.38.